The molecule has 7 heteroatoms. The fourth-order valence-corrected chi connectivity index (χ4v) is 4.65. The second-order valence-electron chi connectivity index (χ2n) is 7.74. The van der Waals surface area contributed by atoms with Crippen LogP contribution < -0.4 is 10.1 Å². The van der Waals surface area contributed by atoms with Crippen molar-refractivity contribution in [2.75, 3.05) is 13.7 Å². The van der Waals surface area contributed by atoms with Crippen LogP contribution in [0.1, 0.15) is 11.3 Å². The number of carbonyl (C=O) groups is 2. The van der Waals surface area contributed by atoms with Gasteiger partial charge in [-0.25, -0.2) is 0 Å². The minimum atomic E-state index is -0.712. The molecule has 2 bridgehead atoms. The molecular weight excluding hydrogens is 372 g/mol. The van der Waals surface area contributed by atoms with E-state index in [1.165, 1.54) is 0 Å². The Balaban J connectivity index is 1.29. The maximum Gasteiger partial charge on any atom is 0.230 e. The van der Waals surface area contributed by atoms with E-state index in [-0.39, 0.29) is 17.9 Å². The van der Waals surface area contributed by atoms with Crippen LogP contribution in [-0.4, -0.2) is 42.1 Å². The Bertz CT molecular complexity index is 952. The van der Waals surface area contributed by atoms with E-state index < -0.39 is 17.4 Å². The molecule has 1 N–H and O–H groups in total. The normalized spacial score (nSPS) is 29.3. The van der Waals surface area contributed by atoms with Gasteiger partial charge in [0.1, 0.15) is 17.1 Å². The second kappa shape index (κ2) is 6.77. The van der Waals surface area contributed by atoms with Crippen molar-refractivity contribution in [2.24, 2.45) is 11.8 Å². The van der Waals surface area contributed by atoms with Gasteiger partial charge in [0, 0.05) is 6.54 Å². The Morgan fingerprint density at radius 1 is 1.31 bits per heavy atom. The van der Waals surface area contributed by atoms with Crippen molar-refractivity contribution in [3.8, 4) is 5.75 Å². The lowest BCUT2D eigenvalue weighted by molar-refractivity contribution is -0.138. The monoisotopic (exact) mass is 394 g/mol. The van der Waals surface area contributed by atoms with Crippen molar-refractivity contribution >= 4 is 11.8 Å². The van der Waals surface area contributed by atoms with Crippen molar-refractivity contribution in [3.63, 3.8) is 0 Å². The molecule has 4 atom stereocenters. The number of nitrogens with one attached hydrogen (secondary N) is 1. The standard InChI is InChI=1S/C22H22N2O5/c1-27-15-6-4-14(5-7-15)11-23-20(25)18-17-8-9-22(29-17)13-24(21(26)19(18)22)12-16-3-2-10-28-16/h2-10,17-19H,11-13H2,1H3,(H,23,25)/t17-,18-,19-,22-/m1/s1. The highest BCUT2D eigenvalue weighted by Crippen LogP contribution is 2.52. The third-order valence-corrected chi connectivity index (χ3v) is 6.03. The zero-order valence-electron chi connectivity index (χ0n) is 16.0. The zero-order valence-corrected chi connectivity index (χ0v) is 16.0. The molecule has 1 aromatic heterocycles. The summed E-state index contributed by atoms with van der Waals surface area (Å²) in [5, 5.41) is 2.97. The maximum absolute atomic E-state index is 13.1. The Morgan fingerprint density at radius 3 is 2.86 bits per heavy atom. The highest BCUT2D eigenvalue weighted by molar-refractivity contribution is 5.93. The van der Waals surface area contributed by atoms with Crippen LogP contribution in [0.5, 0.6) is 5.75 Å². The van der Waals surface area contributed by atoms with E-state index in [1.54, 1.807) is 24.3 Å². The molecule has 7 nitrogen and oxygen atoms in total. The Morgan fingerprint density at radius 2 is 2.14 bits per heavy atom. The van der Waals surface area contributed by atoms with E-state index in [1.807, 2.05) is 42.5 Å². The van der Waals surface area contributed by atoms with Gasteiger partial charge >= 0.3 is 0 Å². The van der Waals surface area contributed by atoms with E-state index >= 15 is 0 Å². The average molecular weight is 394 g/mol. The molecule has 4 heterocycles. The van der Waals surface area contributed by atoms with Crippen LogP contribution in [0.3, 0.4) is 0 Å². The number of hydrogen-bond donors (Lipinski definition) is 1. The highest BCUT2D eigenvalue weighted by Gasteiger charge is 2.66. The van der Waals surface area contributed by atoms with Crippen LogP contribution in [0.2, 0.25) is 0 Å². The quantitative estimate of drug-likeness (QED) is 0.757. The molecule has 3 aliphatic rings. The van der Waals surface area contributed by atoms with Crippen molar-refractivity contribution in [1.82, 2.24) is 10.2 Å². The van der Waals surface area contributed by atoms with Gasteiger partial charge in [-0.2, -0.15) is 0 Å². The summed E-state index contributed by atoms with van der Waals surface area (Å²) >= 11 is 0. The van der Waals surface area contributed by atoms with Gasteiger partial charge < -0.3 is 24.1 Å². The first-order chi connectivity index (χ1) is 14.1. The van der Waals surface area contributed by atoms with Gasteiger partial charge in [0.2, 0.25) is 11.8 Å². The number of fused-ring (bicyclic) bond motifs is 1. The summed E-state index contributed by atoms with van der Waals surface area (Å²) in [5.74, 6) is 0.249. The minimum absolute atomic E-state index is 0.0575. The molecule has 3 aliphatic heterocycles. The number of nitrogens with zero attached hydrogens (tertiary/aromatic N) is 1. The van der Waals surface area contributed by atoms with Gasteiger partial charge in [0.05, 0.1) is 44.4 Å². The SMILES string of the molecule is COc1ccc(CNC(=O)[C@@H]2[C@H]3C=C[C@]4(CN(Cc5ccco5)C(=O)[C@@H]24)O3)cc1. The molecule has 0 aliphatic carbocycles. The summed E-state index contributed by atoms with van der Waals surface area (Å²) in [6.07, 6.45) is 5.10. The van der Waals surface area contributed by atoms with Gasteiger partial charge in [-0.3, -0.25) is 9.59 Å². The first-order valence-corrected chi connectivity index (χ1v) is 9.69. The number of methoxy groups -OCH3 is 1. The smallest absolute Gasteiger partial charge is 0.230 e. The van der Waals surface area contributed by atoms with Crippen LogP contribution >= 0.6 is 0 Å². The number of ether oxygens (including phenoxy) is 2. The molecule has 0 unspecified atom stereocenters. The fourth-order valence-electron chi connectivity index (χ4n) is 4.65. The number of carbonyl (C=O) groups excluding carboxylic acids is 2. The predicted octanol–water partition coefficient (Wildman–Crippen LogP) is 1.89. The van der Waals surface area contributed by atoms with Crippen LogP contribution in [0.15, 0.2) is 59.2 Å². The molecule has 5 rings (SSSR count). The molecule has 0 radical (unpaired) electrons. The van der Waals surface area contributed by atoms with Crippen LogP contribution in [-0.2, 0) is 27.4 Å². The lowest BCUT2D eigenvalue weighted by atomic mass is 9.77. The van der Waals surface area contributed by atoms with E-state index in [4.69, 9.17) is 13.9 Å². The molecule has 2 saturated heterocycles. The molecule has 2 aromatic rings. The number of rotatable bonds is 6. The van der Waals surface area contributed by atoms with E-state index in [0.29, 0.717) is 25.4 Å². The average Bonchev–Trinajstić information content (AvgIpc) is 3.50. The summed E-state index contributed by atoms with van der Waals surface area (Å²) in [7, 11) is 1.61. The summed E-state index contributed by atoms with van der Waals surface area (Å²) < 4.78 is 16.7. The van der Waals surface area contributed by atoms with Gasteiger partial charge in [-0.1, -0.05) is 24.3 Å². The van der Waals surface area contributed by atoms with Crippen molar-refractivity contribution in [1.29, 1.82) is 0 Å². The zero-order chi connectivity index (χ0) is 20.0. The van der Waals surface area contributed by atoms with Gasteiger partial charge in [-0.05, 0) is 29.8 Å². The van der Waals surface area contributed by atoms with E-state index in [2.05, 4.69) is 5.32 Å². The first kappa shape index (κ1) is 18.0. The lowest BCUT2D eigenvalue weighted by Crippen LogP contribution is -2.43. The molecule has 150 valence electrons. The number of likely N-dealkylation sites (tertiary alicyclic amines) is 1. The lowest BCUT2D eigenvalue weighted by Gasteiger charge is -2.23. The van der Waals surface area contributed by atoms with Crippen LogP contribution in [0.25, 0.3) is 0 Å². The van der Waals surface area contributed by atoms with Crippen LogP contribution in [0.4, 0.5) is 0 Å². The first-order valence-electron chi connectivity index (χ1n) is 9.69. The molecule has 2 amide bonds. The summed E-state index contributed by atoms with van der Waals surface area (Å²) in [6, 6.07) is 11.2. The topological polar surface area (TPSA) is 81.0 Å². The third kappa shape index (κ3) is 2.93. The van der Waals surface area contributed by atoms with Crippen LogP contribution in [0, 0.1) is 11.8 Å². The summed E-state index contributed by atoms with van der Waals surface area (Å²) in [6.45, 7) is 1.21. The summed E-state index contributed by atoms with van der Waals surface area (Å²) in [5.41, 5.74) is 0.252. The van der Waals surface area contributed by atoms with Crippen molar-refractivity contribution in [3.05, 3.63) is 66.1 Å². The third-order valence-electron chi connectivity index (χ3n) is 6.03. The number of benzene rings is 1. The fraction of sp³-hybridized carbons (Fsp3) is 0.364. The number of furan rings is 1. The maximum atomic E-state index is 13.1. The Labute approximate surface area is 168 Å². The van der Waals surface area contributed by atoms with Gasteiger partial charge in [0.15, 0.2) is 0 Å². The second-order valence-corrected chi connectivity index (χ2v) is 7.74. The molecule has 29 heavy (non-hydrogen) atoms. The Hall–Kier alpha value is -3.06. The predicted molar refractivity (Wildman–Crippen MR) is 103 cm³/mol. The minimum Gasteiger partial charge on any atom is -0.497 e. The molecule has 1 spiro atoms. The van der Waals surface area contributed by atoms with Gasteiger partial charge in [-0.15, -0.1) is 0 Å². The van der Waals surface area contributed by atoms with E-state index in [0.717, 1.165) is 11.3 Å². The molecular formula is C22H22N2O5. The van der Waals surface area contributed by atoms with Crippen molar-refractivity contribution < 1.29 is 23.5 Å². The summed E-state index contributed by atoms with van der Waals surface area (Å²) in [4.78, 5) is 27.9. The van der Waals surface area contributed by atoms with E-state index in [9.17, 15) is 9.59 Å². The Kier molecular flexibility index (Phi) is 4.20. The number of hydrogen-bond acceptors (Lipinski definition) is 5. The number of amides is 2. The largest absolute Gasteiger partial charge is 0.497 e. The molecule has 1 aromatic carbocycles. The van der Waals surface area contributed by atoms with Gasteiger partial charge in [0.25, 0.3) is 0 Å². The molecule has 0 saturated carbocycles. The highest BCUT2D eigenvalue weighted by atomic mass is 16.5. The van der Waals surface area contributed by atoms with Crippen molar-refractivity contribution in [2.45, 2.75) is 24.8 Å². The molecule has 2 fully saturated rings.